The molecule has 1 aromatic carbocycles. The number of hydrogen-bond acceptors (Lipinski definition) is 5. The molecule has 0 fully saturated rings. The van der Waals surface area contributed by atoms with Crippen molar-refractivity contribution in [3.05, 3.63) is 82.9 Å². The smallest absolute Gasteiger partial charge is 0.433 e. The molecule has 0 aliphatic rings. The van der Waals surface area contributed by atoms with Gasteiger partial charge in [-0.3, -0.25) is 14.8 Å². The largest absolute Gasteiger partial charge is 0.466 e. The number of pyridine rings is 2. The van der Waals surface area contributed by atoms with Crippen LogP contribution >= 0.6 is 0 Å². The normalized spacial score (nSPS) is 12.0. The van der Waals surface area contributed by atoms with Crippen molar-refractivity contribution in [2.45, 2.75) is 38.8 Å². The third-order valence-electron chi connectivity index (χ3n) is 4.95. The van der Waals surface area contributed by atoms with E-state index >= 15 is 0 Å². The summed E-state index contributed by atoms with van der Waals surface area (Å²) in [5.41, 5.74) is 0.374. The third kappa shape index (κ3) is 7.25. The average Bonchev–Trinajstić information content (AvgIpc) is 2.78. The number of nitrogens with one attached hydrogen (secondary N) is 1. The van der Waals surface area contributed by atoms with Crippen molar-refractivity contribution in [3.63, 3.8) is 0 Å². The highest BCUT2D eigenvalue weighted by Gasteiger charge is 2.32. The summed E-state index contributed by atoms with van der Waals surface area (Å²) in [7, 11) is 0. The quantitative estimate of drug-likeness (QED) is 0.325. The summed E-state index contributed by atoms with van der Waals surface area (Å²) in [6.07, 6.45) is -5.15. The lowest BCUT2D eigenvalue weighted by Crippen LogP contribution is -2.16. The van der Waals surface area contributed by atoms with Crippen molar-refractivity contribution >= 4 is 5.97 Å². The van der Waals surface area contributed by atoms with E-state index in [4.69, 9.17) is 4.74 Å². The Morgan fingerprint density at radius 3 is 2.31 bits per heavy atom. The van der Waals surface area contributed by atoms with E-state index in [1.165, 1.54) is 24.5 Å². The molecule has 0 unspecified atom stereocenters. The maximum absolute atomic E-state index is 13.3. The summed E-state index contributed by atoms with van der Waals surface area (Å²) in [4.78, 5) is 19.2. The highest BCUT2D eigenvalue weighted by Crippen LogP contribution is 2.34. The van der Waals surface area contributed by atoms with Gasteiger partial charge in [-0.15, -0.1) is 0 Å². The summed E-state index contributed by atoms with van der Waals surface area (Å²) in [6, 6.07) is 7.02. The van der Waals surface area contributed by atoms with Gasteiger partial charge >= 0.3 is 18.3 Å². The molecule has 0 atom stereocenters. The molecule has 0 saturated heterocycles. The standard InChI is InChI=1S/C24H21F6N3O2/c1-2-35-22(34)8-16-7-17(13-32-11-16)20-5-4-19(23(25,26)27)9-18(20)14-31-10-15-3-6-21(33-12-15)24(28,29)30/h3-7,9,11-13,31H,2,8,10,14H2,1H3. The Balaban J connectivity index is 1.83. The van der Waals surface area contributed by atoms with E-state index < -0.39 is 29.6 Å². The van der Waals surface area contributed by atoms with Crippen molar-refractivity contribution in [3.8, 4) is 11.1 Å². The zero-order chi connectivity index (χ0) is 25.6. The van der Waals surface area contributed by atoms with Gasteiger partial charge < -0.3 is 10.1 Å². The second kappa shape index (κ2) is 10.9. The van der Waals surface area contributed by atoms with Crippen molar-refractivity contribution in [1.82, 2.24) is 15.3 Å². The van der Waals surface area contributed by atoms with Crippen molar-refractivity contribution < 1.29 is 35.9 Å². The summed E-state index contributed by atoms with van der Waals surface area (Å²) in [5.74, 6) is -0.453. The van der Waals surface area contributed by atoms with Gasteiger partial charge in [-0.05, 0) is 53.4 Å². The van der Waals surface area contributed by atoms with Crippen LogP contribution in [-0.4, -0.2) is 22.5 Å². The summed E-state index contributed by atoms with van der Waals surface area (Å²) < 4.78 is 82.9. The van der Waals surface area contributed by atoms with Crippen LogP contribution in [0.2, 0.25) is 0 Å². The molecule has 0 saturated carbocycles. The monoisotopic (exact) mass is 497 g/mol. The lowest BCUT2D eigenvalue weighted by Gasteiger charge is -2.15. The van der Waals surface area contributed by atoms with E-state index in [-0.39, 0.29) is 26.1 Å². The molecule has 3 rings (SSSR count). The van der Waals surface area contributed by atoms with E-state index in [0.717, 1.165) is 24.4 Å². The molecule has 0 aliphatic carbocycles. The Hall–Kier alpha value is -3.47. The molecule has 0 spiro atoms. The minimum Gasteiger partial charge on any atom is -0.466 e. The first-order valence-corrected chi connectivity index (χ1v) is 10.5. The predicted molar refractivity (Wildman–Crippen MR) is 115 cm³/mol. The number of benzene rings is 1. The van der Waals surface area contributed by atoms with E-state index in [1.807, 2.05) is 0 Å². The molecule has 186 valence electrons. The SMILES string of the molecule is CCOC(=O)Cc1cncc(-c2ccc(C(F)(F)F)cc2CNCc2ccc(C(F)(F)F)nc2)c1. The second-order valence-electron chi connectivity index (χ2n) is 7.59. The van der Waals surface area contributed by atoms with Gasteiger partial charge in [0.25, 0.3) is 0 Å². The minimum absolute atomic E-state index is 0.0115. The molecule has 3 aromatic rings. The van der Waals surface area contributed by atoms with E-state index in [0.29, 0.717) is 27.8 Å². The maximum atomic E-state index is 13.3. The number of esters is 1. The summed E-state index contributed by atoms with van der Waals surface area (Å²) >= 11 is 0. The van der Waals surface area contributed by atoms with Crippen LogP contribution in [0.5, 0.6) is 0 Å². The molecule has 11 heteroatoms. The number of ether oxygens (including phenoxy) is 1. The first-order valence-electron chi connectivity index (χ1n) is 10.5. The second-order valence-corrected chi connectivity index (χ2v) is 7.59. The molecule has 0 radical (unpaired) electrons. The predicted octanol–water partition coefficient (Wildman–Crippen LogP) is 5.58. The number of halogens is 6. The third-order valence-corrected chi connectivity index (χ3v) is 4.95. The van der Waals surface area contributed by atoms with Crippen molar-refractivity contribution in [2.24, 2.45) is 0 Å². The molecule has 5 nitrogen and oxygen atoms in total. The van der Waals surface area contributed by atoms with Crippen molar-refractivity contribution in [1.29, 1.82) is 0 Å². The Morgan fingerprint density at radius 2 is 1.69 bits per heavy atom. The molecular formula is C24H21F6N3O2. The highest BCUT2D eigenvalue weighted by molar-refractivity contribution is 5.74. The van der Waals surface area contributed by atoms with Crippen LogP contribution in [0, 0.1) is 0 Å². The number of nitrogens with zero attached hydrogens (tertiary/aromatic N) is 2. The fraction of sp³-hybridized carbons (Fsp3) is 0.292. The van der Waals surface area contributed by atoms with E-state index in [2.05, 4.69) is 15.3 Å². The number of alkyl halides is 6. The van der Waals surface area contributed by atoms with Crippen LogP contribution in [0.25, 0.3) is 11.1 Å². The first kappa shape index (κ1) is 26.1. The van der Waals surface area contributed by atoms with Gasteiger partial charge in [0, 0.05) is 37.2 Å². The van der Waals surface area contributed by atoms with Crippen LogP contribution in [0.1, 0.15) is 34.9 Å². The average molecular weight is 497 g/mol. The van der Waals surface area contributed by atoms with Gasteiger partial charge in [0.15, 0.2) is 0 Å². The molecule has 0 amide bonds. The molecule has 2 aromatic heterocycles. The van der Waals surface area contributed by atoms with Gasteiger partial charge in [-0.25, -0.2) is 0 Å². The number of hydrogen-bond donors (Lipinski definition) is 1. The molecular weight excluding hydrogens is 476 g/mol. The summed E-state index contributed by atoms with van der Waals surface area (Å²) in [6.45, 7) is 1.97. The number of carbonyl (C=O) groups excluding carboxylic acids is 1. The number of aromatic nitrogens is 2. The fourth-order valence-electron chi connectivity index (χ4n) is 3.35. The Morgan fingerprint density at radius 1 is 0.914 bits per heavy atom. The Bertz CT molecular complexity index is 1160. The zero-order valence-electron chi connectivity index (χ0n) is 18.5. The zero-order valence-corrected chi connectivity index (χ0v) is 18.5. The maximum Gasteiger partial charge on any atom is 0.433 e. The van der Waals surface area contributed by atoms with E-state index in [1.54, 1.807) is 13.0 Å². The van der Waals surface area contributed by atoms with Gasteiger partial charge in [0.05, 0.1) is 18.6 Å². The summed E-state index contributed by atoms with van der Waals surface area (Å²) in [5, 5.41) is 2.95. The molecule has 1 N–H and O–H groups in total. The van der Waals surface area contributed by atoms with Crippen LogP contribution in [0.4, 0.5) is 26.3 Å². The molecule has 2 heterocycles. The topological polar surface area (TPSA) is 64.1 Å². The van der Waals surface area contributed by atoms with Crippen LogP contribution in [0.15, 0.2) is 55.0 Å². The lowest BCUT2D eigenvalue weighted by atomic mass is 9.97. The Labute approximate surface area is 197 Å². The van der Waals surface area contributed by atoms with Gasteiger partial charge in [-0.1, -0.05) is 12.1 Å². The van der Waals surface area contributed by atoms with Gasteiger partial charge in [0.2, 0.25) is 0 Å². The highest BCUT2D eigenvalue weighted by atomic mass is 19.4. The van der Waals surface area contributed by atoms with E-state index in [9.17, 15) is 31.1 Å². The first-order chi connectivity index (χ1) is 16.5. The van der Waals surface area contributed by atoms with Gasteiger partial charge in [0.1, 0.15) is 5.69 Å². The van der Waals surface area contributed by atoms with Crippen LogP contribution < -0.4 is 5.32 Å². The molecule has 35 heavy (non-hydrogen) atoms. The van der Waals surface area contributed by atoms with Gasteiger partial charge in [-0.2, -0.15) is 26.3 Å². The fourth-order valence-corrected chi connectivity index (χ4v) is 3.35. The minimum atomic E-state index is -4.56. The van der Waals surface area contributed by atoms with Crippen LogP contribution in [0.3, 0.4) is 0 Å². The lowest BCUT2D eigenvalue weighted by molar-refractivity contribution is -0.142. The molecule has 0 aliphatic heterocycles. The number of carbonyl (C=O) groups is 1. The van der Waals surface area contributed by atoms with Crippen molar-refractivity contribution in [2.75, 3.05) is 6.61 Å². The Kier molecular flexibility index (Phi) is 8.11. The van der Waals surface area contributed by atoms with Crippen LogP contribution in [-0.2, 0) is 41.4 Å². The number of rotatable bonds is 8. The molecule has 0 bridgehead atoms.